The van der Waals surface area contributed by atoms with Crippen molar-refractivity contribution in [2.24, 2.45) is 29.4 Å². The van der Waals surface area contributed by atoms with Crippen molar-refractivity contribution in [3.05, 3.63) is 0 Å². The van der Waals surface area contributed by atoms with Crippen LogP contribution in [0.25, 0.3) is 0 Å². The van der Waals surface area contributed by atoms with Gasteiger partial charge in [-0.15, -0.1) is 0 Å². The number of amides is 2. The molecule has 1 saturated heterocycles. The molecule has 6 nitrogen and oxygen atoms in total. The predicted molar refractivity (Wildman–Crippen MR) is 96.5 cm³/mol. The van der Waals surface area contributed by atoms with Crippen molar-refractivity contribution in [3.8, 4) is 0 Å². The lowest BCUT2D eigenvalue weighted by atomic mass is 9.81. The largest absolute Gasteiger partial charge is 0.466 e. The minimum Gasteiger partial charge on any atom is -0.466 e. The number of carbonyl (C=O) groups is 3. The van der Waals surface area contributed by atoms with E-state index in [1.165, 1.54) is 0 Å². The van der Waals surface area contributed by atoms with Crippen molar-refractivity contribution in [2.45, 2.75) is 59.8 Å². The lowest BCUT2D eigenvalue weighted by molar-refractivity contribution is -0.152. The summed E-state index contributed by atoms with van der Waals surface area (Å²) in [5.74, 6) is -1.15. The molecule has 0 bridgehead atoms. The number of nitrogens with zero attached hydrogens (tertiary/aromatic N) is 1. The van der Waals surface area contributed by atoms with Crippen molar-refractivity contribution in [2.75, 3.05) is 19.7 Å². The van der Waals surface area contributed by atoms with E-state index in [2.05, 4.69) is 13.8 Å². The summed E-state index contributed by atoms with van der Waals surface area (Å²) < 4.78 is 5.08. The molecular weight excluding hydrogens is 320 g/mol. The maximum absolute atomic E-state index is 13.1. The van der Waals surface area contributed by atoms with Gasteiger partial charge >= 0.3 is 5.97 Å². The van der Waals surface area contributed by atoms with Gasteiger partial charge in [0.2, 0.25) is 11.8 Å². The first-order valence-corrected chi connectivity index (χ1v) is 9.56. The van der Waals surface area contributed by atoms with Crippen molar-refractivity contribution < 1.29 is 19.1 Å². The number of ether oxygens (including phenoxy) is 1. The van der Waals surface area contributed by atoms with E-state index >= 15 is 0 Å². The summed E-state index contributed by atoms with van der Waals surface area (Å²) >= 11 is 0. The molecule has 0 radical (unpaired) electrons. The highest BCUT2D eigenvalue weighted by Gasteiger charge is 2.37. The van der Waals surface area contributed by atoms with Crippen LogP contribution in [0.5, 0.6) is 0 Å². The standard InChI is InChI=1S/C19H34N2O4/c1-5-7-15(17(20)22)16(12-13(3)4)18(23)21-10-8-14(9-11-21)19(24)25-6-2/h13-16H,5-12H2,1-4H3,(H2,20,22)/t15-,16+/m0/s1. The van der Waals surface area contributed by atoms with Gasteiger partial charge < -0.3 is 15.4 Å². The molecule has 0 aliphatic carbocycles. The molecule has 1 fully saturated rings. The van der Waals surface area contributed by atoms with Gasteiger partial charge in [0.05, 0.1) is 12.5 Å². The van der Waals surface area contributed by atoms with E-state index in [1.54, 1.807) is 11.8 Å². The predicted octanol–water partition coefficient (Wildman–Crippen LogP) is 2.35. The second-order valence-electron chi connectivity index (χ2n) is 7.39. The fourth-order valence-corrected chi connectivity index (χ4v) is 3.63. The number of likely N-dealkylation sites (tertiary alicyclic amines) is 1. The summed E-state index contributed by atoms with van der Waals surface area (Å²) in [5, 5.41) is 0. The van der Waals surface area contributed by atoms with E-state index in [1.807, 2.05) is 6.92 Å². The number of piperidine rings is 1. The molecule has 1 rings (SSSR count). The van der Waals surface area contributed by atoms with Gasteiger partial charge in [0.1, 0.15) is 0 Å². The number of hydrogen-bond acceptors (Lipinski definition) is 4. The first kappa shape index (κ1) is 21.5. The number of rotatable bonds is 9. The smallest absolute Gasteiger partial charge is 0.309 e. The highest BCUT2D eigenvalue weighted by atomic mass is 16.5. The lowest BCUT2D eigenvalue weighted by Gasteiger charge is -2.35. The number of esters is 1. The Morgan fingerprint density at radius 2 is 1.72 bits per heavy atom. The molecule has 2 amide bonds. The summed E-state index contributed by atoms with van der Waals surface area (Å²) in [4.78, 5) is 38.6. The molecule has 0 unspecified atom stereocenters. The normalized spacial score (nSPS) is 18.0. The van der Waals surface area contributed by atoms with Gasteiger partial charge in [0.25, 0.3) is 0 Å². The molecule has 1 aliphatic heterocycles. The third kappa shape index (κ3) is 6.33. The van der Waals surface area contributed by atoms with Crippen molar-refractivity contribution in [1.29, 1.82) is 0 Å². The SMILES string of the molecule is CCC[C@H](C(N)=O)[C@@H](CC(C)C)C(=O)N1CCC(C(=O)OCC)CC1. The fourth-order valence-electron chi connectivity index (χ4n) is 3.63. The zero-order chi connectivity index (χ0) is 19.0. The number of nitrogens with two attached hydrogens (primary N) is 1. The second-order valence-corrected chi connectivity index (χ2v) is 7.39. The van der Waals surface area contributed by atoms with Crippen LogP contribution in [0.2, 0.25) is 0 Å². The monoisotopic (exact) mass is 354 g/mol. The summed E-state index contributed by atoms with van der Waals surface area (Å²) in [7, 11) is 0. The van der Waals surface area contributed by atoms with E-state index in [0.717, 1.165) is 6.42 Å². The Bertz CT molecular complexity index is 456. The quantitative estimate of drug-likeness (QED) is 0.644. The van der Waals surface area contributed by atoms with E-state index in [4.69, 9.17) is 10.5 Å². The average Bonchev–Trinajstić information content (AvgIpc) is 2.57. The first-order chi connectivity index (χ1) is 11.8. The van der Waals surface area contributed by atoms with Crippen LogP contribution in [0.1, 0.15) is 59.8 Å². The Morgan fingerprint density at radius 3 is 2.16 bits per heavy atom. The molecule has 0 aromatic rings. The number of carbonyl (C=O) groups excluding carboxylic acids is 3. The minimum atomic E-state index is -0.414. The number of hydrogen-bond donors (Lipinski definition) is 1. The van der Waals surface area contributed by atoms with E-state index < -0.39 is 5.92 Å². The highest BCUT2D eigenvalue weighted by Crippen LogP contribution is 2.29. The van der Waals surface area contributed by atoms with Crippen molar-refractivity contribution in [3.63, 3.8) is 0 Å². The van der Waals surface area contributed by atoms with Crippen LogP contribution < -0.4 is 5.73 Å². The van der Waals surface area contributed by atoms with Crippen molar-refractivity contribution >= 4 is 17.8 Å². The lowest BCUT2D eigenvalue weighted by Crippen LogP contribution is -2.47. The highest BCUT2D eigenvalue weighted by molar-refractivity contribution is 5.87. The van der Waals surface area contributed by atoms with Gasteiger partial charge in [-0.05, 0) is 38.5 Å². The zero-order valence-electron chi connectivity index (χ0n) is 16.1. The van der Waals surface area contributed by atoms with E-state index in [-0.39, 0.29) is 29.6 Å². The van der Waals surface area contributed by atoms with Crippen LogP contribution in [0.4, 0.5) is 0 Å². The first-order valence-electron chi connectivity index (χ1n) is 9.56. The summed E-state index contributed by atoms with van der Waals surface area (Å²) in [6.07, 6.45) is 3.35. The third-order valence-electron chi connectivity index (χ3n) is 4.92. The Labute approximate surface area is 151 Å². The minimum absolute atomic E-state index is 0.00765. The molecule has 2 N–H and O–H groups in total. The molecule has 0 aromatic carbocycles. The van der Waals surface area contributed by atoms with Crippen LogP contribution in [0.15, 0.2) is 0 Å². The Balaban J connectivity index is 2.78. The van der Waals surface area contributed by atoms with Gasteiger partial charge in [-0.2, -0.15) is 0 Å². The molecule has 0 saturated carbocycles. The molecule has 1 aliphatic rings. The van der Waals surface area contributed by atoms with Crippen LogP contribution >= 0.6 is 0 Å². The van der Waals surface area contributed by atoms with Crippen molar-refractivity contribution in [1.82, 2.24) is 4.90 Å². The Hall–Kier alpha value is -1.59. The fraction of sp³-hybridized carbons (Fsp3) is 0.842. The maximum atomic E-state index is 13.1. The maximum Gasteiger partial charge on any atom is 0.309 e. The second kappa shape index (κ2) is 10.4. The topological polar surface area (TPSA) is 89.7 Å². The molecule has 2 atom stereocenters. The molecule has 0 spiro atoms. The van der Waals surface area contributed by atoms with Gasteiger partial charge in [0, 0.05) is 24.9 Å². The Morgan fingerprint density at radius 1 is 1.12 bits per heavy atom. The molecule has 1 heterocycles. The van der Waals surface area contributed by atoms with Crippen LogP contribution in [0, 0.1) is 23.7 Å². The van der Waals surface area contributed by atoms with Gasteiger partial charge in [-0.3, -0.25) is 14.4 Å². The molecule has 144 valence electrons. The van der Waals surface area contributed by atoms with E-state index in [0.29, 0.717) is 51.3 Å². The zero-order valence-corrected chi connectivity index (χ0v) is 16.1. The summed E-state index contributed by atoms with van der Waals surface area (Å²) in [6.45, 7) is 9.35. The van der Waals surface area contributed by atoms with Crippen LogP contribution in [0.3, 0.4) is 0 Å². The molecular formula is C19H34N2O4. The third-order valence-corrected chi connectivity index (χ3v) is 4.92. The summed E-state index contributed by atoms with van der Waals surface area (Å²) in [6, 6.07) is 0. The molecule has 6 heteroatoms. The van der Waals surface area contributed by atoms with Gasteiger partial charge in [-0.25, -0.2) is 0 Å². The summed E-state index contributed by atoms with van der Waals surface area (Å²) in [5.41, 5.74) is 5.59. The van der Waals surface area contributed by atoms with E-state index in [9.17, 15) is 14.4 Å². The molecule has 25 heavy (non-hydrogen) atoms. The van der Waals surface area contributed by atoms with Gasteiger partial charge in [-0.1, -0.05) is 27.2 Å². The van der Waals surface area contributed by atoms with Crippen LogP contribution in [-0.2, 0) is 19.1 Å². The Kier molecular flexibility index (Phi) is 8.93. The number of primary amides is 1. The van der Waals surface area contributed by atoms with Crippen LogP contribution in [-0.4, -0.2) is 42.4 Å². The average molecular weight is 354 g/mol. The van der Waals surface area contributed by atoms with Gasteiger partial charge in [0.15, 0.2) is 0 Å². The molecule has 0 aromatic heterocycles.